The summed E-state index contributed by atoms with van der Waals surface area (Å²) in [5, 5.41) is 9.82. The Labute approximate surface area is 243 Å². The molecule has 1 fully saturated rings. The number of hydrogen-bond acceptors (Lipinski definition) is 8. The average Bonchev–Trinajstić information content (AvgIpc) is 2.99. The third-order valence-corrected chi connectivity index (χ3v) is 7.93. The van der Waals surface area contributed by atoms with Gasteiger partial charge < -0.3 is 23.7 Å². The highest BCUT2D eigenvalue weighted by atomic mass is 32.2. The van der Waals surface area contributed by atoms with Crippen LogP contribution in [0.25, 0.3) is 22.1 Å². The minimum atomic E-state index is -4.47. The molecule has 6 rings (SSSR count). The molecule has 0 spiro atoms. The zero-order valence-corrected chi connectivity index (χ0v) is 23.8. The highest BCUT2D eigenvalue weighted by Gasteiger charge is 2.14. The van der Waals surface area contributed by atoms with Gasteiger partial charge in [-0.25, -0.2) is 17.8 Å². The topological polar surface area (TPSA) is 124 Å². The van der Waals surface area contributed by atoms with Gasteiger partial charge in [0.25, 0.3) is 0 Å². The van der Waals surface area contributed by atoms with Crippen molar-refractivity contribution < 1.29 is 31.8 Å². The van der Waals surface area contributed by atoms with Gasteiger partial charge in [0.15, 0.2) is 18.9 Å². The van der Waals surface area contributed by atoms with Crippen molar-refractivity contribution in [3.63, 3.8) is 0 Å². The first-order valence-electron chi connectivity index (χ1n) is 13.4. The molecule has 0 radical (unpaired) electrons. The van der Waals surface area contributed by atoms with Crippen LogP contribution in [0.1, 0.15) is 11.1 Å². The molecule has 1 aliphatic rings. The van der Waals surface area contributed by atoms with E-state index in [0.717, 1.165) is 55.6 Å². The third-order valence-electron chi connectivity index (χ3n) is 6.95. The number of pyridine rings is 1. The number of rotatable bonds is 5. The minimum Gasteiger partial charge on any atom is -0.744 e. The van der Waals surface area contributed by atoms with Gasteiger partial charge in [0.05, 0.1) is 23.7 Å². The van der Waals surface area contributed by atoms with Crippen LogP contribution in [0.15, 0.2) is 111 Å². The molecule has 42 heavy (non-hydrogen) atoms. The number of anilines is 1. The predicted molar refractivity (Wildman–Crippen MR) is 157 cm³/mol. The Kier molecular flexibility index (Phi) is 8.67. The second-order valence-electron chi connectivity index (χ2n) is 9.92. The van der Waals surface area contributed by atoms with E-state index in [1.54, 1.807) is 0 Å². The van der Waals surface area contributed by atoms with Crippen LogP contribution in [-0.4, -0.2) is 44.4 Å². The SMILES string of the molecule is Cc1ccc(O)cc1S(=O)(=O)[O-].O=c1oc2cc(N3CCOCC3)ccc2cc1-c1cc[n+](Cc2ccccc2)cc1. The van der Waals surface area contributed by atoms with Gasteiger partial charge in [-0.1, -0.05) is 36.4 Å². The van der Waals surface area contributed by atoms with E-state index in [2.05, 4.69) is 27.7 Å². The highest BCUT2D eigenvalue weighted by molar-refractivity contribution is 7.85. The van der Waals surface area contributed by atoms with Crippen molar-refractivity contribution in [2.24, 2.45) is 0 Å². The Morgan fingerprint density at radius 1 is 0.929 bits per heavy atom. The molecule has 0 atom stereocenters. The van der Waals surface area contributed by atoms with Crippen molar-refractivity contribution in [3.05, 3.63) is 119 Å². The summed E-state index contributed by atoms with van der Waals surface area (Å²) >= 11 is 0. The Balaban J connectivity index is 0.000000248. The fourth-order valence-corrected chi connectivity index (χ4v) is 5.44. The van der Waals surface area contributed by atoms with E-state index in [1.165, 1.54) is 24.6 Å². The van der Waals surface area contributed by atoms with Gasteiger partial charge in [-0.2, -0.15) is 0 Å². The maximum atomic E-state index is 12.7. The maximum absolute atomic E-state index is 12.7. The number of aromatic hydroxyl groups is 1. The summed E-state index contributed by atoms with van der Waals surface area (Å²) in [4.78, 5) is 14.6. The predicted octanol–water partition coefficient (Wildman–Crippen LogP) is 4.24. The molecule has 0 unspecified atom stereocenters. The van der Waals surface area contributed by atoms with E-state index in [-0.39, 0.29) is 16.3 Å². The van der Waals surface area contributed by atoms with Crippen LogP contribution in [0, 0.1) is 6.92 Å². The molecule has 2 aromatic heterocycles. The summed E-state index contributed by atoms with van der Waals surface area (Å²) in [6.45, 7) is 5.42. The second-order valence-corrected chi connectivity index (χ2v) is 11.3. The highest BCUT2D eigenvalue weighted by Crippen LogP contribution is 2.25. The zero-order chi connectivity index (χ0) is 29.7. The Morgan fingerprint density at radius 2 is 1.64 bits per heavy atom. The van der Waals surface area contributed by atoms with Crippen molar-refractivity contribution >= 4 is 26.8 Å². The lowest BCUT2D eigenvalue weighted by Gasteiger charge is -2.28. The molecule has 1 aliphatic heterocycles. The first-order valence-corrected chi connectivity index (χ1v) is 14.8. The molecule has 0 bridgehead atoms. The fourth-order valence-electron chi connectivity index (χ4n) is 4.71. The number of phenols is 1. The Bertz CT molecular complexity index is 1850. The van der Waals surface area contributed by atoms with Gasteiger partial charge in [-0.3, -0.25) is 0 Å². The number of benzene rings is 3. The average molecular weight is 587 g/mol. The number of aromatic nitrogens is 1. The fraction of sp³-hybridized carbons (Fsp3) is 0.188. The number of hydrogen-bond donors (Lipinski definition) is 1. The van der Waals surface area contributed by atoms with Crippen LogP contribution in [-0.2, 0) is 21.4 Å². The second kappa shape index (κ2) is 12.6. The van der Waals surface area contributed by atoms with E-state index < -0.39 is 10.1 Å². The standard InChI is InChI=1S/C25H23N2O3.C7H8O4S/c28-25-23(20-8-10-26(11-9-20)18-19-4-2-1-3-5-19)16-21-6-7-22(17-24(21)30-25)27-12-14-29-15-13-27;1-5-2-3-6(8)4-7(5)12(9,10)11/h1-11,16-17H,12-15,18H2;2-4,8H,1H3,(H,9,10,11)/q+1;/p-1. The lowest BCUT2D eigenvalue weighted by molar-refractivity contribution is -0.688. The molecular weight excluding hydrogens is 556 g/mol. The quantitative estimate of drug-likeness (QED) is 0.184. The molecule has 3 heterocycles. The number of aryl methyl sites for hydroxylation is 1. The van der Waals surface area contributed by atoms with Gasteiger partial charge in [-0.05, 0) is 42.8 Å². The summed E-state index contributed by atoms with van der Waals surface area (Å²) in [5.74, 6) is -0.227. The monoisotopic (exact) mass is 586 g/mol. The molecule has 9 nitrogen and oxygen atoms in total. The molecule has 3 aromatic carbocycles. The summed E-state index contributed by atoms with van der Waals surface area (Å²) in [6.07, 6.45) is 3.99. The van der Waals surface area contributed by atoms with Gasteiger partial charge in [0, 0.05) is 53.5 Å². The largest absolute Gasteiger partial charge is 0.744 e. The number of nitrogens with zero attached hydrogens (tertiary/aromatic N) is 2. The number of fused-ring (bicyclic) bond motifs is 1. The van der Waals surface area contributed by atoms with Gasteiger partial charge >= 0.3 is 5.63 Å². The lowest BCUT2D eigenvalue weighted by atomic mass is 10.1. The summed E-state index contributed by atoms with van der Waals surface area (Å²) < 4.78 is 44.8. The van der Waals surface area contributed by atoms with Crippen molar-refractivity contribution in [2.45, 2.75) is 18.4 Å². The van der Waals surface area contributed by atoms with Gasteiger partial charge in [0.2, 0.25) is 0 Å². The molecular formula is C32H30N2O7S. The van der Waals surface area contributed by atoms with Crippen LogP contribution < -0.4 is 15.1 Å². The lowest BCUT2D eigenvalue weighted by Crippen LogP contribution is -2.36. The molecule has 0 aliphatic carbocycles. The molecule has 216 valence electrons. The summed E-state index contributed by atoms with van der Waals surface area (Å²) in [7, 11) is -4.47. The Hall–Kier alpha value is -4.51. The van der Waals surface area contributed by atoms with Crippen molar-refractivity contribution in [1.29, 1.82) is 0 Å². The number of ether oxygens (including phenoxy) is 1. The van der Waals surface area contributed by atoms with Gasteiger partial charge in [-0.15, -0.1) is 0 Å². The van der Waals surface area contributed by atoms with Crippen LogP contribution in [0.4, 0.5) is 5.69 Å². The van der Waals surface area contributed by atoms with Crippen molar-refractivity contribution in [3.8, 4) is 16.9 Å². The number of morpholine rings is 1. The number of phenolic OH excluding ortho intramolecular Hbond substituents is 1. The maximum Gasteiger partial charge on any atom is 0.344 e. The van der Waals surface area contributed by atoms with Gasteiger partial charge in [0.1, 0.15) is 21.5 Å². The third kappa shape index (κ3) is 7.03. The molecule has 0 saturated carbocycles. The molecule has 10 heteroatoms. The minimum absolute atomic E-state index is 0.227. The van der Waals surface area contributed by atoms with Crippen LogP contribution in [0.5, 0.6) is 5.75 Å². The Morgan fingerprint density at radius 3 is 2.31 bits per heavy atom. The molecule has 1 N–H and O–H groups in total. The smallest absolute Gasteiger partial charge is 0.344 e. The van der Waals surface area contributed by atoms with Crippen molar-refractivity contribution in [2.75, 3.05) is 31.2 Å². The molecule has 0 amide bonds. The summed E-state index contributed by atoms with van der Waals surface area (Å²) in [6, 6.07) is 25.8. The molecule has 1 saturated heterocycles. The van der Waals surface area contributed by atoms with Crippen LogP contribution >= 0.6 is 0 Å². The van der Waals surface area contributed by atoms with E-state index in [1.807, 2.05) is 60.9 Å². The first kappa shape index (κ1) is 29.0. The summed E-state index contributed by atoms with van der Waals surface area (Å²) in [5.41, 5.74) is 4.36. The first-order chi connectivity index (χ1) is 20.2. The van der Waals surface area contributed by atoms with Crippen LogP contribution in [0.2, 0.25) is 0 Å². The van der Waals surface area contributed by atoms with Crippen LogP contribution in [0.3, 0.4) is 0 Å². The van der Waals surface area contributed by atoms with Crippen molar-refractivity contribution in [1.82, 2.24) is 0 Å². The zero-order valence-electron chi connectivity index (χ0n) is 23.0. The van der Waals surface area contributed by atoms with E-state index in [9.17, 15) is 17.8 Å². The van der Waals surface area contributed by atoms with E-state index >= 15 is 0 Å². The normalized spacial score (nSPS) is 13.4. The van der Waals surface area contributed by atoms with E-state index in [4.69, 9.17) is 14.3 Å². The van der Waals surface area contributed by atoms with E-state index in [0.29, 0.717) is 16.7 Å². The molecule has 5 aromatic rings.